The number of hydrogen-bond acceptors (Lipinski definition) is 6. The molecule has 3 aromatic rings. The van der Waals surface area contributed by atoms with Crippen molar-refractivity contribution < 1.29 is 13.9 Å². The first-order valence-corrected chi connectivity index (χ1v) is 8.52. The molecular formula is C17H15N3O3S. The molecule has 122 valence electrons. The highest BCUT2D eigenvalue weighted by molar-refractivity contribution is 7.08. The van der Waals surface area contributed by atoms with Gasteiger partial charge in [0.25, 0.3) is 0 Å². The monoisotopic (exact) mass is 341 g/mol. The van der Waals surface area contributed by atoms with Crippen LogP contribution in [0.1, 0.15) is 11.5 Å². The summed E-state index contributed by atoms with van der Waals surface area (Å²) in [6.45, 7) is 2.81. The topological polar surface area (TPSA) is 68.5 Å². The maximum Gasteiger partial charge on any atom is 0.233 e. The second-order valence-corrected chi connectivity index (χ2v) is 6.23. The van der Waals surface area contributed by atoms with Crippen molar-refractivity contribution in [1.29, 1.82) is 0 Å². The van der Waals surface area contributed by atoms with Crippen LogP contribution >= 0.6 is 11.3 Å². The van der Waals surface area contributed by atoms with Gasteiger partial charge in [0.05, 0.1) is 24.9 Å². The number of amides is 1. The van der Waals surface area contributed by atoms with Crippen molar-refractivity contribution in [3.63, 3.8) is 0 Å². The number of aryl methyl sites for hydroxylation is 1. The maximum absolute atomic E-state index is 12.7. The molecule has 7 heteroatoms. The normalized spacial score (nSPS) is 13.5. The van der Waals surface area contributed by atoms with Gasteiger partial charge in [-0.2, -0.15) is 11.3 Å². The van der Waals surface area contributed by atoms with Crippen molar-refractivity contribution in [2.24, 2.45) is 0 Å². The van der Waals surface area contributed by atoms with Gasteiger partial charge in [0, 0.05) is 23.2 Å². The van der Waals surface area contributed by atoms with Gasteiger partial charge in [-0.25, -0.2) is 4.98 Å². The Morgan fingerprint density at radius 2 is 2.33 bits per heavy atom. The van der Waals surface area contributed by atoms with Crippen LogP contribution in [0.2, 0.25) is 0 Å². The van der Waals surface area contributed by atoms with Crippen LogP contribution in [0.15, 0.2) is 39.7 Å². The molecule has 0 saturated heterocycles. The lowest BCUT2D eigenvalue weighted by atomic mass is 10.2. The van der Waals surface area contributed by atoms with E-state index in [4.69, 9.17) is 9.15 Å². The minimum atomic E-state index is -0.0409. The molecule has 0 aliphatic carbocycles. The Balaban J connectivity index is 1.57. The zero-order chi connectivity index (χ0) is 16.5. The third kappa shape index (κ3) is 2.67. The van der Waals surface area contributed by atoms with Crippen molar-refractivity contribution in [3.05, 3.63) is 46.7 Å². The van der Waals surface area contributed by atoms with Crippen LogP contribution in [0, 0.1) is 6.92 Å². The average Bonchev–Trinajstić information content (AvgIpc) is 3.25. The average molecular weight is 341 g/mol. The van der Waals surface area contributed by atoms with Crippen LogP contribution in [0.3, 0.4) is 0 Å². The number of rotatable bonds is 3. The standard InChI is InChI=1S/C17H15N3O3S/c1-11-13(19-17(23-11)12-3-7-24-10-12)8-16(21)20-5-6-22-15-2-4-18-9-14(15)20/h2-4,7,9-10H,5-6,8H2,1H3. The van der Waals surface area contributed by atoms with Crippen molar-refractivity contribution >= 4 is 22.9 Å². The van der Waals surface area contributed by atoms with E-state index in [0.29, 0.717) is 41.9 Å². The van der Waals surface area contributed by atoms with Crippen LogP contribution in [0.25, 0.3) is 11.5 Å². The number of oxazole rings is 1. The van der Waals surface area contributed by atoms with Crippen LogP contribution in [0.5, 0.6) is 5.75 Å². The van der Waals surface area contributed by atoms with E-state index in [2.05, 4.69) is 9.97 Å². The van der Waals surface area contributed by atoms with Crippen LogP contribution in [-0.4, -0.2) is 29.0 Å². The first-order valence-electron chi connectivity index (χ1n) is 7.58. The molecule has 4 heterocycles. The zero-order valence-corrected chi connectivity index (χ0v) is 13.9. The summed E-state index contributed by atoms with van der Waals surface area (Å²) in [5, 5.41) is 3.94. The number of fused-ring (bicyclic) bond motifs is 1. The van der Waals surface area contributed by atoms with Crippen LogP contribution < -0.4 is 9.64 Å². The molecular weight excluding hydrogens is 326 g/mol. The van der Waals surface area contributed by atoms with Crippen molar-refractivity contribution in [2.75, 3.05) is 18.1 Å². The number of hydrogen-bond donors (Lipinski definition) is 0. The summed E-state index contributed by atoms with van der Waals surface area (Å²) in [6.07, 6.45) is 3.49. The van der Waals surface area contributed by atoms with E-state index in [0.717, 1.165) is 5.56 Å². The summed E-state index contributed by atoms with van der Waals surface area (Å²) in [7, 11) is 0. The van der Waals surface area contributed by atoms with E-state index in [1.54, 1.807) is 34.7 Å². The van der Waals surface area contributed by atoms with Gasteiger partial charge in [-0.3, -0.25) is 9.78 Å². The molecule has 0 atom stereocenters. The molecule has 24 heavy (non-hydrogen) atoms. The molecule has 0 saturated carbocycles. The predicted molar refractivity (Wildman–Crippen MR) is 90.3 cm³/mol. The Morgan fingerprint density at radius 3 is 3.17 bits per heavy atom. The molecule has 0 fully saturated rings. The fourth-order valence-electron chi connectivity index (χ4n) is 2.66. The molecule has 1 aliphatic rings. The van der Waals surface area contributed by atoms with E-state index in [9.17, 15) is 4.79 Å². The van der Waals surface area contributed by atoms with Crippen LogP contribution in [0.4, 0.5) is 5.69 Å². The minimum Gasteiger partial charge on any atom is -0.489 e. The number of carbonyl (C=O) groups is 1. The largest absolute Gasteiger partial charge is 0.489 e. The van der Waals surface area contributed by atoms with Gasteiger partial charge in [-0.15, -0.1) is 0 Å². The summed E-state index contributed by atoms with van der Waals surface area (Å²) >= 11 is 1.58. The van der Waals surface area contributed by atoms with Gasteiger partial charge in [0.2, 0.25) is 11.8 Å². The molecule has 4 rings (SSSR count). The van der Waals surface area contributed by atoms with Crippen LogP contribution in [-0.2, 0) is 11.2 Å². The van der Waals surface area contributed by atoms with Gasteiger partial charge >= 0.3 is 0 Å². The fraction of sp³-hybridized carbons (Fsp3) is 0.235. The summed E-state index contributed by atoms with van der Waals surface area (Å²) in [4.78, 5) is 23.0. The van der Waals surface area contributed by atoms with E-state index < -0.39 is 0 Å². The Labute approximate surface area is 142 Å². The predicted octanol–water partition coefficient (Wildman–Crippen LogP) is 3.07. The molecule has 1 aliphatic heterocycles. The Morgan fingerprint density at radius 1 is 1.42 bits per heavy atom. The molecule has 3 aromatic heterocycles. The highest BCUT2D eigenvalue weighted by Crippen LogP contribution is 2.31. The molecule has 0 bridgehead atoms. The number of thiophene rings is 1. The quantitative estimate of drug-likeness (QED) is 0.732. The zero-order valence-electron chi connectivity index (χ0n) is 13.1. The SMILES string of the molecule is Cc1oc(-c2ccsc2)nc1CC(=O)N1CCOc2ccncc21. The third-order valence-electron chi connectivity index (χ3n) is 3.91. The molecule has 6 nitrogen and oxygen atoms in total. The lowest BCUT2D eigenvalue weighted by Crippen LogP contribution is -2.39. The summed E-state index contributed by atoms with van der Waals surface area (Å²) in [5.41, 5.74) is 2.30. The second kappa shape index (κ2) is 6.09. The van der Waals surface area contributed by atoms with Crippen molar-refractivity contribution in [2.45, 2.75) is 13.3 Å². The van der Waals surface area contributed by atoms with Gasteiger partial charge < -0.3 is 14.1 Å². The van der Waals surface area contributed by atoms with Gasteiger partial charge in [0.1, 0.15) is 23.8 Å². The highest BCUT2D eigenvalue weighted by Gasteiger charge is 2.25. The Bertz CT molecular complexity index is 873. The number of ether oxygens (including phenoxy) is 1. The smallest absolute Gasteiger partial charge is 0.233 e. The number of pyridine rings is 1. The molecule has 0 radical (unpaired) electrons. The summed E-state index contributed by atoms with van der Waals surface area (Å²) in [6, 6.07) is 3.72. The van der Waals surface area contributed by atoms with Gasteiger partial charge in [-0.1, -0.05) is 0 Å². The Hall–Kier alpha value is -2.67. The first-order chi connectivity index (χ1) is 11.7. The number of carbonyl (C=O) groups excluding carboxylic acids is 1. The van der Waals surface area contributed by atoms with Gasteiger partial charge in [0.15, 0.2) is 0 Å². The number of anilines is 1. The van der Waals surface area contributed by atoms with E-state index in [1.807, 2.05) is 23.8 Å². The minimum absolute atomic E-state index is 0.0409. The van der Waals surface area contributed by atoms with E-state index in [-0.39, 0.29) is 12.3 Å². The lowest BCUT2D eigenvalue weighted by Gasteiger charge is -2.28. The Kier molecular flexibility index (Phi) is 3.78. The maximum atomic E-state index is 12.7. The molecule has 1 amide bonds. The fourth-order valence-corrected chi connectivity index (χ4v) is 3.29. The molecule has 0 N–H and O–H groups in total. The molecule has 0 aromatic carbocycles. The molecule has 0 spiro atoms. The van der Waals surface area contributed by atoms with E-state index >= 15 is 0 Å². The summed E-state index contributed by atoms with van der Waals surface area (Å²) in [5.74, 6) is 1.87. The van der Waals surface area contributed by atoms with Gasteiger partial charge in [-0.05, 0) is 18.4 Å². The highest BCUT2D eigenvalue weighted by atomic mass is 32.1. The lowest BCUT2D eigenvalue weighted by molar-refractivity contribution is -0.118. The van der Waals surface area contributed by atoms with E-state index in [1.165, 1.54) is 0 Å². The second-order valence-electron chi connectivity index (χ2n) is 5.45. The first kappa shape index (κ1) is 14.9. The number of nitrogens with zero attached hydrogens (tertiary/aromatic N) is 3. The van der Waals surface area contributed by atoms with Crippen molar-refractivity contribution in [3.8, 4) is 17.2 Å². The molecule has 0 unspecified atom stereocenters. The number of aromatic nitrogens is 2. The summed E-state index contributed by atoms with van der Waals surface area (Å²) < 4.78 is 11.3. The van der Waals surface area contributed by atoms with Crippen molar-refractivity contribution in [1.82, 2.24) is 9.97 Å². The third-order valence-corrected chi connectivity index (χ3v) is 4.59.